The summed E-state index contributed by atoms with van der Waals surface area (Å²) in [7, 11) is -3.62. The van der Waals surface area contributed by atoms with Crippen molar-refractivity contribution in [2.24, 2.45) is 0 Å². The van der Waals surface area contributed by atoms with E-state index in [1.165, 1.54) is 6.08 Å². The molecule has 0 aliphatic rings. The molecule has 0 amide bonds. The molecule has 0 aromatic heterocycles. The molecule has 1 rings (SSSR count). The number of esters is 1. The fraction of sp³-hybridized carbons (Fsp3) is 0.550. The lowest BCUT2D eigenvalue weighted by Crippen LogP contribution is -2.22. The molecule has 0 aliphatic heterocycles. The van der Waals surface area contributed by atoms with E-state index >= 15 is 0 Å². The summed E-state index contributed by atoms with van der Waals surface area (Å²) in [4.78, 5) is 11.4. The van der Waals surface area contributed by atoms with Gasteiger partial charge in [-0.1, -0.05) is 36.4 Å². The molecule has 0 bridgehead atoms. The van der Waals surface area contributed by atoms with Crippen molar-refractivity contribution in [1.29, 1.82) is 0 Å². The number of carbonyl (C=O) groups excluding carboxylic acids is 1. The van der Waals surface area contributed by atoms with Gasteiger partial charge in [0.05, 0.1) is 33.0 Å². The van der Waals surface area contributed by atoms with Gasteiger partial charge in [0.15, 0.2) is 0 Å². The summed E-state index contributed by atoms with van der Waals surface area (Å²) in [5.74, 6) is -0.536. The molecule has 0 unspecified atom stereocenters. The number of benzene rings is 1. The summed E-state index contributed by atoms with van der Waals surface area (Å²) >= 11 is 0. The van der Waals surface area contributed by atoms with Crippen molar-refractivity contribution in [1.82, 2.24) is 0 Å². The van der Waals surface area contributed by atoms with Crippen LogP contribution in [0.15, 0.2) is 42.5 Å². The molecule has 8 heteroatoms. The van der Waals surface area contributed by atoms with Crippen molar-refractivity contribution in [3.8, 4) is 0 Å². The Labute approximate surface area is 167 Å². The SMILES string of the molecule is CC(C)(C)OC(=O)/C=C/CCOCCOCCOS(=O)(=O)Cc1ccccc1. The summed E-state index contributed by atoms with van der Waals surface area (Å²) < 4.78 is 44.3. The van der Waals surface area contributed by atoms with Gasteiger partial charge in [0, 0.05) is 6.08 Å². The van der Waals surface area contributed by atoms with E-state index in [1.54, 1.807) is 30.3 Å². The first kappa shape index (κ1) is 24.3. The van der Waals surface area contributed by atoms with E-state index in [2.05, 4.69) is 0 Å². The Hall–Kier alpha value is -1.74. The highest BCUT2D eigenvalue weighted by Crippen LogP contribution is 2.08. The average Bonchev–Trinajstić information content (AvgIpc) is 2.58. The molecule has 0 fully saturated rings. The number of hydrogen-bond acceptors (Lipinski definition) is 7. The van der Waals surface area contributed by atoms with Crippen molar-refractivity contribution < 1.29 is 31.6 Å². The minimum absolute atomic E-state index is 0.0339. The van der Waals surface area contributed by atoms with E-state index in [0.29, 0.717) is 31.8 Å². The molecule has 1 aromatic carbocycles. The maximum absolute atomic E-state index is 11.8. The molecule has 0 aliphatic carbocycles. The van der Waals surface area contributed by atoms with Gasteiger partial charge in [0.1, 0.15) is 11.4 Å². The normalized spacial score (nSPS) is 12.4. The zero-order chi connectivity index (χ0) is 20.9. The van der Waals surface area contributed by atoms with Gasteiger partial charge in [0.25, 0.3) is 10.1 Å². The van der Waals surface area contributed by atoms with Crippen LogP contribution < -0.4 is 0 Å². The van der Waals surface area contributed by atoms with Crippen LogP contribution in [0.25, 0.3) is 0 Å². The zero-order valence-electron chi connectivity index (χ0n) is 16.8. The first-order valence-electron chi connectivity index (χ1n) is 9.14. The highest BCUT2D eigenvalue weighted by Gasteiger charge is 2.13. The molecule has 7 nitrogen and oxygen atoms in total. The third-order valence-electron chi connectivity index (χ3n) is 3.14. The molecule has 1 aromatic rings. The summed E-state index contributed by atoms with van der Waals surface area (Å²) in [6, 6.07) is 8.85. The molecule has 28 heavy (non-hydrogen) atoms. The van der Waals surface area contributed by atoms with Crippen molar-refractivity contribution in [2.45, 2.75) is 38.5 Å². The Morgan fingerprint density at radius 2 is 1.57 bits per heavy atom. The second kappa shape index (κ2) is 12.7. The summed E-state index contributed by atoms with van der Waals surface area (Å²) in [6.45, 7) is 6.71. The molecule has 0 N–H and O–H groups in total. The van der Waals surface area contributed by atoms with Crippen LogP contribution in [0, 0.1) is 0 Å². The van der Waals surface area contributed by atoms with Gasteiger partial charge in [-0.15, -0.1) is 0 Å². The lowest BCUT2D eigenvalue weighted by Gasteiger charge is -2.17. The van der Waals surface area contributed by atoms with Crippen LogP contribution in [0.4, 0.5) is 0 Å². The predicted octanol–water partition coefficient (Wildman–Crippen LogP) is 2.85. The van der Waals surface area contributed by atoms with Crippen molar-refractivity contribution >= 4 is 16.1 Å². The Morgan fingerprint density at radius 1 is 0.964 bits per heavy atom. The Bertz CT molecular complexity index is 691. The third-order valence-corrected chi connectivity index (χ3v) is 4.35. The molecule has 0 saturated carbocycles. The molecule has 158 valence electrons. The van der Waals surface area contributed by atoms with Crippen molar-refractivity contribution in [2.75, 3.05) is 33.0 Å². The number of hydrogen-bond donors (Lipinski definition) is 0. The molecular formula is C20H30O7S. The second-order valence-corrected chi connectivity index (χ2v) is 8.60. The molecule has 0 heterocycles. The molecule has 0 atom stereocenters. The fourth-order valence-corrected chi connectivity index (χ4v) is 3.03. The van der Waals surface area contributed by atoms with E-state index in [-0.39, 0.29) is 24.9 Å². The Balaban J connectivity index is 2.00. The largest absolute Gasteiger partial charge is 0.457 e. The minimum atomic E-state index is -3.62. The topological polar surface area (TPSA) is 88.1 Å². The van der Waals surface area contributed by atoms with Gasteiger partial charge in [-0.05, 0) is 32.8 Å². The van der Waals surface area contributed by atoms with Crippen LogP contribution in [0.3, 0.4) is 0 Å². The van der Waals surface area contributed by atoms with E-state index in [1.807, 2.05) is 26.8 Å². The van der Waals surface area contributed by atoms with Crippen molar-refractivity contribution in [3.05, 3.63) is 48.0 Å². The first-order valence-corrected chi connectivity index (χ1v) is 10.7. The van der Waals surface area contributed by atoms with Gasteiger partial charge in [-0.3, -0.25) is 4.18 Å². The third kappa shape index (κ3) is 13.4. The highest BCUT2D eigenvalue weighted by molar-refractivity contribution is 7.85. The van der Waals surface area contributed by atoms with Crippen LogP contribution in [-0.2, 0) is 39.1 Å². The highest BCUT2D eigenvalue weighted by atomic mass is 32.2. The molecule has 0 spiro atoms. The van der Waals surface area contributed by atoms with E-state index in [4.69, 9.17) is 18.4 Å². The monoisotopic (exact) mass is 414 g/mol. The van der Waals surface area contributed by atoms with Crippen LogP contribution in [-0.4, -0.2) is 53.0 Å². The Kier molecular flexibility index (Phi) is 11.0. The van der Waals surface area contributed by atoms with Gasteiger partial charge in [-0.2, -0.15) is 8.42 Å². The number of ether oxygens (including phenoxy) is 3. The maximum Gasteiger partial charge on any atom is 0.330 e. The van der Waals surface area contributed by atoms with Gasteiger partial charge in [-0.25, -0.2) is 4.79 Å². The summed E-state index contributed by atoms with van der Waals surface area (Å²) in [5.41, 5.74) is 0.178. The fourth-order valence-electron chi connectivity index (χ4n) is 2.03. The smallest absolute Gasteiger partial charge is 0.330 e. The summed E-state index contributed by atoms with van der Waals surface area (Å²) in [6.07, 6.45) is 3.67. The number of rotatable bonds is 13. The molecular weight excluding hydrogens is 384 g/mol. The van der Waals surface area contributed by atoms with Crippen LogP contribution in [0.1, 0.15) is 32.8 Å². The van der Waals surface area contributed by atoms with E-state index in [9.17, 15) is 13.2 Å². The van der Waals surface area contributed by atoms with Crippen LogP contribution in [0.2, 0.25) is 0 Å². The van der Waals surface area contributed by atoms with Gasteiger partial charge in [0.2, 0.25) is 0 Å². The van der Waals surface area contributed by atoms with Gasteiger partial charge >= 0.3 is 5.97 Å². The van der Waals surface area contributed by atoms with E-state index < -0.39 is 15.7 Å². The minimum Gasteiger partial charge on any atom is -0.457 e. The van der Waals surface area contributed by atoms with Gasteiger partial charge < -0.3 is 14.2 Å². The average molecular weight is 415 g/mol. The van der Waals surface area contributed by atoms with Crippen LogP contribution >= 0.6 is 0 Å². The lowest BCUT2D eigenvalue weighted by atomic mass is 10.2. The molecule has 0 saturated heterocycles. The molecule has 0 radical (unpaired) electrons. The Morgan fingerprint density at radius 3 is 2.21 bits per heavy atom. The lowest BCUT2D eigenvalue weighted by molar-refractivity contribution is -0.148. The quantitative estimate of drug-likeness (QED) is 0.212. The zero-order valence-corrected chi connectivity index (χ0v) is 17.6. The van der Waals surface area contributed by atoms with Crippen LogP contribution in [0.5, 0.6) is 0 Å². The predicted molar refractivity (Wildman–Crippen MR) is 106 cm³/mol. The summed E-state index contributed by atoms with van der Waals surface area (Å²) in [5, 5.41) is 0. The van der Waals surface area contributed by atoms with E-state index in [0.717, 1.165) is 0 Å². The number of carbonyl (C=O) groups is 1. The van der Waals surface area contributed by atoms with Crippen molar-refractivity contribution in [3.63, 3.8) is 0 Å². The second-order valence-electron chi connectivity index (χ2n) is 6.96. The maximum atomic E-state index is 11.8. The standard InChI is InChI=1S/C20H30O7S/c1-20(2,3)27-19(21)11-7-8-12-24-13-14-25-15-16-26-28(22,23)17-18-9-5-4-6-10-18/h4-7,9-11H,8,12-17H2,1-3H3/b11-7+. The first-order chi connectivity index (χ1) is 13.2.